The molecule has 0 aliphatic heterocycles. The zero-order valence-electron chi connectivity index (χ0n) is 12.3. The Balaban J connectivity index is 1.62. The summed E-state index contributed by atoms with van der Waals surface area (Å²) in [6.45, 7) is 0.338. The molecule has 0 bridgehead atoms. The summed E-state index contributed by atoms with van der Waals surface area (Å²) < 4.78 is 0. The predicted octanol–water partition coefficient (Wildman–Crippen LogP) is 2.72. The summed E-state index contributed by atoms with van der Waals surface area (Å²) in [5.74, 6) is -0.0927. The monoisotopic (exact) mass is 285 g/mol. The molecule has 0 heterocycles. The Labute approximate surface area is 126 Å². The summed E-state index contributed by atoms with van der Waals surface area (Å²) in [6, 6.07) is 10.5. The Bertz CT molecular complexity index is 476. The maximum absolute atomic E-state index is 11.6. The molecule has 0 saturated heterocycles. The van der Waals surface area contributed by atoms with Crippen LogP contribution in [0.2, 0.25) is 0 Å². The molecule has 0 aromatic heterocycles. The second-order valence-corrected chi connectivity index (χ2v) is 5.30. The van der Waals surface area contributed by atoms with Crippen molar-refractivity contribution < 1.29 is 4.79 Å². The van der Waals surface area contributed by atoms with Crippen LogP contribution in [0.25, 0.3) is 6.08 Å². The van der Waals surface area contributed by atoms with Crippen LogP contribution in [0.3, 0.4) is 0 Å². The predicted molar refractivity (Wildman–Crippen MR) is 87.0 cm³/mol. The highest BCUT2D eigenvalue weighted by molar-refractivity contribution is 5.82. The molecule has 4 heteroatoms. The van der Waals surface area contributed by atoms with Crippen LogP contribution in [-0.2, 0) is 4.79 Å². The van der Waals surface area contributed by atoms with Crippen LogP contribution in [0.15, 0.2) is 41.5 Å². The van der Waals surface area contributed by atoms with Gasteiger partial charge in [0.05, 0.1) is 6.54 Å². The fraction of sp³-hybridized carbons (Fsp3) is 0.412. The van der Waals surface area contributed by atoms with E-state index in [4.69, 9.17) is 0 Å². The largest absolute Gasteiger partial charge is 0.306 e. The first-order valence-electron chi connectivity index (χ1n) is 7.61. The lowest BCUT2D eigenvalue weighted by Gasteiger charge is -2.22. The van der Waals surface area contributed by atoms with Crippen LogP contribution in [-0.4, -0.2) is 24.7 Å². The first-order valence-corrected chi connectivity index (χ1v) is 7.61. The number of hydrogen-bond donors (Lipinski definition) is 2. The highest BCUT2D eigenvalue weighted by atomic mass is 16.2. The number of carbonyl (C=O) groups excluding carboxylic acids is 1. The first kappa shape index (κ1) is 15.4. The van der Waals surface area contributed by atoms with Crippen molar-refractivity contribution in [3.8, 4) is 0 Å². The SMILES string of the molecule is O=C(CNC1CCCCC1)N/N=C\C=C\c1ccccc1. The van der Waals surface area contributed by atoms with Gasteiger partial charge in [-0.3, -0.25) is 4.79 Å². The van der Waals surface area contributed by atoms with Gasteiger partial charge in [-0.25, -0.2) is 5.43 Å². The van der Waals surface area contributed by atoms with Gasteiger partial charge in [-0.05, 0) is 24.5 Å². The Morgan fingerprint density at radius 2 is 1.95 bits per heavy atom. The average Bonchev–Trinajstić information content (AvgIpc) is 2.54. The molecule has 0 radical (unpaired) electrons. The van der Waals surface area contributed by atoms with Crippen molar-refractivity contribution in [2.75, 3.05) is 6.54 Å². The summed E-state index contributed by atoms with van der Waals surface area (Å²) in [6.07, 6.45) is 11.5. The van der Waals surface area contributed by atoms with Gasteiger partial charge in [0, 0.05) is 12.3 Å². The van der Waals surface area contributed by atoms with E-state index in [1.165, 1.54) is 32.1 Å². The number of hydrazone groups is 1. The van der Waals surface area contributed by atoms with Crippen molar-refractivity contribution in [2.24, 2.45) is 5.10 Å². The lowest BCUT2D eigenvalue weighted by molar-refractivity contribution is -0.120. The number of rotatable bonds is 6. The fourth-order valence-electron chi connectivity index (χ4n) is 2.45. The third-order valence-corrected chi connectivity index (χ3v) is 3.59. The molecule has 0 atom stereocenters. The molecule has 0 spiro atoms. The van der Waals surface area contributed by atoms with Crippen molar-refractivity contribution in [1.29, 1.82) is 0 Å². The molecule has 2 rings (SSSR count). The number of benzene rings is 1. The summed E-state index contributed by atoms with van der Waals surface area (Å²) >= 11 is 0. The molecule has 1 fully saturated rings. The molecule has 1 aromatic carbocycles. The van der Waals surface area contributed by atoms with Gasteiger partial charge in [-0.15, -0.1) is 0 Å². The van der Waals surface area contributed by atoms with E-state index in [-0.39, 0.29) is 5.91 Å². The van der Waals surface area contributed by atoms with Gasteiger partial charge in [0.1, 0.15) is 0 Å². The van der Waals surface area contributed by atoms with Crippen LogP contribution in [0.4, 0.5) is 0 Å². The van der Waals surface area contributed by atoms with Crippen molar-refractivity contribution >= 4 is 18.2 Å². The van der Waals surface area contributed by atoms with Crippen LogP contribution >= 0.6 is 0 Å². The molecule has 1 aliphatic carbocycles. The minimum atomic E-state index is -0.0927. The second-order valence-electron chi connectivity index (χ2n) is 5.30. The molecule has 21 heavy (non-hydrogen) atoms. The van der Waals surface area contributed by atoms with E-state index in [0.717, 1.165) is 5.56 Å². The molecular weight excluding hydrogens is 262 g/mol. The highest BCUT2D eigenvalue weighted by Crippen LogP contribution is 2.16. The number of hydrogen-bond acceptors (Lipinski definition) is 3. The van der Waals surface area contributed by atoms with E-state index in [1.807, 2.05) is 42.5 Å². The second kappa shape index (κ2) is 9.08. The van der Waals surface area contributed by atoms with E-state index in [9.17, 15) is 4.79 Å². The van der Waals surface area contributed by atoms with E-state index in [1.54, 1.807) is 6.21 Å². The third kappa shape index (κ3) is 6.36. The van der Waals surface area contributed by atoms with E-state index in [2.05, 4.69) is 15.8 Å². The molecule has 2 N–H and O–H groups in total. The number of allylic oxidation sites excluding steroid dienone is 1. The van der Waals surface area contributed by atoms with Gasteiger partial charge in [0.15, 0.2) is 0 Å². The third-order valence-electron chi connectivity index (χ3n) is 3.59. The number of nitrogens with zero attached hydrogens (tertiary/aromatic N) is 1. The molecule has 1 aliphatic rings. The molecule has 0 unspecified atom stereocenters. The minimum absolute atomic E-state index is 0.0927. The molecule has 4 nitrogen and oxygen atoms in total. The lowest BCUT2D eigenvalue weighted by Crippen LogP contribution is -2.38. The van der Waals surface area contributed by atoms with Crippen molar-refractivity contribution in [1.82, 2.24) is 10.7 Å². The van der Waals surface area contributed by atoms with Crippen LogP contribution in [0.5, 0.6) is 0 Å². The van der Waals surface area contributed by atoms with E-state index in [0.29, 0.717) is 12.6 Å². The van der Waals surface area contributed by atoms with Crippen molar-refractivity contribution in [3.63, 3.8) is 0 Å². The molecule has 1 aromatic rings. The number of carbonyl (C=O) groups is 1. The Morgan fingerprint density at radius 3 is 2.71 bits per heavy atom. The smallest absolute Gasteiger partial charge is 0.254 e. The Kier molecular flexibility index (Phi) is 6.68. The number of nitrogens with one attached hydrogen (secondary N) is 2. The van der Waals surface area contributed by atoms with Gasteiger partial charge in [0.25, 0.3) is 5.91 Å². The Morgan fingerprint density at radius 1 is 1.19 bits per heavy atom. The quantitative estimate of drug-likeness (QED) is 0.624. The Hall–Kier alpha value is -1.94. The normalized spacial score (nSPS) is 16.6. The van der Waals surface area contributed by atoms with Crippen LogP contribution in [0, 0.1) is 0 Å². The summed E-state index contributed by atoms with van der Waals surface area (Å²) in [5.41, 5.74) is 3.63. The van der Waals surface area contributed by atoms with E-state index >= 15 is 0 Å². The first-order chi connectivity index (χ1) is 10.3. The highest BCUT2D eigenvalue weighted by Gasteiger charge is 2.13. The van der Waals surface area contributed by atoms with Gasteiger partial charge >= 0.3 is 0 Å². The zero-order valence-corrected chi connectivity index (χ0v) is 12.3. The maximum Gasteiger partial charge on any atom is 0.254 e. The van der Waals surface area contributed by atoms with Gasteiger partial charge < -0.3 is 5.32 Å². The van der Waals surface area contributed by atoms with Gasteiger partial charge in [-0.2, -0.15) is 5.10 Å². The standard InChI is InChI=1S/C17H23N3O/c21-17(14-18-16-11-5-2-6-12-16)20-19-13-7-10-15-8-3-1-4-9-15/h1,3-4,7-10,13,16,18H,2,5-6,11-12,14H2,(H,20,21)/b10-7+,19-13-. The van der Waals surface area contributed by atoms with Crippen LogP contribution < -0.4 is 10.7 Å². The van der Waals surface area contributed by atoms with Gasteiger partial charge in [-0.1, -0.05) is 55.7 Å². The molecular formula is C17H23N3O. The molecule has 1 saturated carbocycles. The van der Waals surface area contributed by atoms with Gasteiger partial charge in [0.2, 0.25) is 0 Å². The lowest BCUT2D eigenvalue weighted by atomic mass is 9.95. The van der Waals surface area contributed by atoms with Crippen molar-refractivity contribution in [3.05, 3.63) is 42.0 Å². The average molecular weight is 285 g/mol. The molecule has 112 valence electrons. The maximum atomic E-state index is 11.6. The summed E-state index contributed by atoms with van der Waals surface area (Å²) in [7, 11) is 0. The van der Waals surface area contributed by atoms with Crippen LogP contribution in [0.1, 0.15) is 37.7 Å². The van der Waals surface area contributed by atoms with E-state index < -0.39 is 0 Å². The zero-order chi connectivity index (χ0) is 14.8. The minimum Gasteiger partial charge on any atom is -0.306 e. The molecule has 1 amide bonds. The van der Waals surface area contributed by atoms with Crippen molar-refractivity contribution in [2.45, 2.75) is 38.1 Å². The number of amides is 1. The fourth-order valence-corrected chi connectivity index (χ4v) is 2.45. The topological polar surface area (TPSA) is 53.5 Å². The summed E-state index contributed by atoms with van der Waals surface area (Å²) in [5, 5.41) is 7.18. The summed E-state index contributed by atoms with van der Waals surface area (Å²) in [4.78, 5) is 11.6.